The molecule has 0 spiro atoms. The van der Waals surface area contributed by atoms with Crippen molar-refractivity contribution >= 4 is 21.7 Å². The van der Waals surface area contributed by atoms with Crippen LogP contribution in [0.25, 0.3) is 0 Å². The van der Waals surface area contributed by atoms with E-state index < -0.39 is 22.2 Å². The highest BCUT2D eigenvalue weighted by molar-refractivity contribution is 7.89. The lowest BCUT2D eigenvalue weighted by Crippen LogP contribution is -2.35. The molecule has 0 aromatic heterocycles. The van der Waals surface area contributed by atoms with Crippen LogP contribution in [0.4, 0.5) is 0 Å². The van der Waals surface area contributed by atoms with Crippen LogP contribution in [0.5, 0.6) is 0 Å². The van der Waals surface area contributed by atoms with E-state index in [0.717, 1.165) is 16.7 Å². The summed E-state index contributed by atoms with van der Waals surface area (Å²) >= 11 is 0. The van der Waals surface area contributed by atoms with E-state index in [2.05, 4.69) is 10.0 Å². The Hall–Kier alpha value is -3.33. The van der Waals surface area contributed by atoms with Crippen LogP contribution in [0.1, 0.15) is 59.3 Å². The van der Waals surface area contributed by atoms with Crippen molar-refractivity contribution in [2.75, 3.05) is 6.54 Å². The second kappa shape index (κ2) is 12.5. The standard InChI is InChI=1S/C30H34N2O5S/c1-21(33)24-13-15-26(16-14-24)38(36,37)31-17-7-10-23(18-22-8-3-2-4-9-22)19-29(35)32-30-27-12-6-5-11-25(27)20-28(30)34/h2-6,8-9,11-16,23,28,30-31,34H,7,10,17-20H2,1H3,(H,32,35). The van der Waals surface area contributed by atoms with Crippen LogP contribution in [-0.2, 0) is 27.7 Å². The molecule has 1 aliphatic carbocycles. The number of aliphatic hydroxyl groups excluding tert-OH is 1. The van der Waals surface area contributed by atoms with Gasteiger partial charge in [-0.15, -0.1) is 0 Å². The van der Waals surface area contributed by atoms with E-state index in [1.165, 1.54) is 31.2 Å². The van der Waals surface area contributed by atoms with Gasteiger partial charge < -0.3 is 10.4 Å². The minimum Gasteiger partial charge on any atom is -0.390 e. The predicted molar refractivity (Wildman–Crippen MR) is 146 cm³/mol. The average molecular weight is 535 g/mol. The zero-order chi connectivity index (χ0) is 27.1. The predicted octanol–water partition coefficient (Wildman–Crippen LogP) is 3.97. The third-order valence-corrected chi connectivity index (χ3v) is 8.49. The Kier molecular flexibility index (Phi) is 9.09. The molecular formula is C30H34N2O5S. The number of hydrogen-bond acceptors (Lipinski definition) is 5. The molecule has 7 nitrogen and oxygen atoms in total. The zero-order valence-corrected chi connectivity index (χ0v) is 22.3. The summed E-state index contributed by atoms with van der Waals surface area (Å²) in [5.41, 5.74) is 3.58. The van der Waals surface area contributed by atoms with E-state index in [0.29, 0.717) is 31.2 Å². The number of fused-ring (bicyclic) bond motifs is 1. The van der Waals surface area contributed by atoms with E-state index in [1.54, 1.807) is 0 Å². The number of nitrogens with one attached hydrogen (secondary N) is 2. The van der Waals surface area contributed by atoms with E-state index in [1.807, 2.05) is 54.6 Å². The molecular weight excluding hydrogens is 500 g/mol. The normalized spacial score (nSPS) is 17.5. The molecule has 1 amide bonds. The van der Waals surface area contributed by atoms with Crippen molar-refractivity contribution in [1.29, 1.82) is 0 Å². The van der Waals surface area contributed by atoms with Gasteiger partial charge in [0.05, 0.1) is 17.0 Å². The van der Waals surface area contributed by atoms with Crippen molar-refractivity contribution in [2.45, 2.75) is 56.1 Å². The Bertz CT molecular complexity index is 1360. The van der Waals surface area contributed by atoms with Crippen LogP contribution < -0.4 is 10.0 Å². The molecule has 3 aromatic rings. The van der Waals surface area contributed by atoms with E-state index in [-0.39, 0.29) is 35.5 Å². The smallest absolute Gasteiger partial charge is 0.240 e. The van der Waals surface area contributed by atoms with Crippen molar-refractivity contribution in [3.05, 3.63) is 101 Å². The molecule has 0 fully saturated rings. The monoisotopic (exact) mass is 534 g/mol. The number of sulfonamides is 1. The molecule has 8 heteroatoms. The molecule has 0 radical (unpaired) electrons. The summed E-state index contributed by atoms with van der Waals surface area (Å²) in [5, 5.41) is 13.5. The molecule has 3 atom stereocenters. The number of benzene rings is 3. The van der Waals surface area contributed by atoms with Gasteiger partial charge in [-0.3, -0.25) is 9.59 Å². The Labute approximate surface area is 224 Å². The van der Waals surface area contributed by atoms with E-state index in [4.69, 9.17) is 0 Å². The second-order valence-corrected chi connectivity index (χ2v) is 11.7. The average Bonchev–Trinajstić information content (AvgIpc) is 3.21. The number of ketones is 1. The van der Waals surface area contributed by atoms with Gasteiger partial charge in [-0.1, -0.05) is 66.7 Å². The largest absolute Gasteiger partial charge is 0.390 e. The molecule has 0 heterocycles. The first-order chi connectivity index (χ1) is 18.2. The molecule has 3 aromatic carbocycles. The molecule has 0 saturated heterocycles. The van der Waals surface area contributed by atoms with E-state index >= 15 is 0 Å². The highest BCUT2D eigenvalue weighted by atomic mass is 32.2. The first-order valence-corrected chi connectivity index (χ1v) is 14.4. The van der Waals surface area contributed by atoms with Gasteiger partial charge in [0, 0.05) is 24.9 Å². The maximum atomic E-state index is 13.0. The molecule has 0 aliphatic heterocycles. The summed E-state index contributed by atoms with van der Waals surface area (Å²) in [6.07, 6.45) is 2.05. The fourth-order valence-electron chi connectivity index (χ4n) is 5.02. The highest BCUT2D eigenvalue weighted by Gasteiger charge is 2.32. The van der Waals surface area contributed by atoms with Gasteiger partial charge in [0.1, 0.15) is 0 Å². The lowest BCUT2D eigenvalue weighted by Gasteiger charge is -2.21. The summed E-state index contributed by atoms with van der Waals surface area (Å²) in [4.78, 5) is 24.6. The van der Waals surface area contributed by atoms with Crippen LogP contribution in [0.2, 0.25) is 0 Å². The first kappa shape index (κ1) is 27.7. The topological polar surface area (TPSA) is 113 Å². The molecule has 38 heavy (non-hydrogen) atoms. The van der Waals surface area contributed by atoms with Crippen LogP contribution in [0, 0.1) is 5.92 Å². The molecule has 200 valence electrons. The summed E-state index contributed by atoms with van der Waals surface area (Å²) in [5.74, 6) is -0.245. The van der Waals surface area contributed by atoms with Gasteiger partial charge in [-0.25, -0.2) is 13.1 Å². The number of hydrogen-bond donors (Lipinski definition) is 3. The van der Waals surface area contributed by atoms with Gasteiger partial charge in [0.25, 0.3) is 0 Å². The Morgan fingerprint density at radius 2 is 1.66 bits per heavy atom. The third kappa shape index (κ3) is 7.16. The lowest BCUT2D eigenvalue weighted by molar-refractivity contribution is -0.123. The van der Waals surface area contributed by atoms with Gasteiger partial charge >= 0.3 is 0 Å². The quantitative estimate of drug-likeness (QED) is 0.240. The van der Waals surface area contributed by atoms with Crippen molar-refractivity contribution < 1.29 is 23.1 Å². The number of amides is 1. The molecule has 0 saturated carbocycles. The number of Topliss-reactive ketones (excluding diaryl/α,β-unsaturated/α-hetero) is 1. The second-order valence-electron chi connectivity index (χ2n) is 9.90. The minimum atomic E-state index is -3.70. The minimum absolute atomic E-state index is 0.00513. The van der Waals surface area contributed by atoms with Crippen LogP contribution in [-0.4, -0.2) is 37.9 Å². The maximum Gasteiger partial charge on any atom is 0.240 e. The summed E-state index contributed by atoms with van der Waals surface area (Å²) in [7, 11) is -3.70. The molecule has 3 N–H and O–H groups in total. The first-order valence-electron chi connectivity index (χ1n) is 12.9. The van der Waals surface area contributed by atoms with E-state index in [9.17, 15) is 23.1 Å². The van der Waals surface area contributed by atoms with Crippen molar-refractivity contribution in [2.24, 2.45) is 5.92 Å². The molecule has 1 aliphatic rings. The van der Waals surface area contributed by atoms with Gasteiger partial charge in [-0.05, 0) is 60.9 Å². The molecule has 0 bridgehead atoms. The molecule has 4 rings (SSSR count). The number of rotatable bonds is 12. The molecule has 3 unspecified atom stereocenters. The van der Waals surface area contributed by atoms with Crippen LogP contribution in [0.3, 0.4) is 0 Å². The summed E-state index contributed by atoms with van der Waals surface area (Å²) in [6, 6.07) is 23.1. The number of aliphatic hydroxyl groups is 1. The number of carbonyl (C=O) groups is 2. The third-order valence-electron chi connectivity index (χ3n) is 7.01. The fourth-order valence-corrected chi connectivity index (χ4v) is 6.09. The van der Waals surface area contributed by atoms with Crippen LogP contribution >= 0.6 is 0 Å². The Morgan fingerprint density at radius 3 is 2.37 bits per heavy atom. The van der Waals surface area contributed by atoms with Crippen molar-refractivity contribution in [1.82, 2.24) is 10.0 Å². The SMILES string of the molecule is CC(=O)c1ccc(S(=O)(=O)NCCCC(CC(=O)NC2c3ccccc3CC2O)Cc2ccccc2)cc1. The van der Waals surface area contributed by atoms with Crippen molar-refractivity contribution in [3.63, 3.8) is 0 Å². The van der Waals surface area contributed by atoms with Gasteiger partial charge in [0.2, 0.25) is 15.9 Å². The Balaban J connectivity index is 1.35. The zero-order valence-electron chi connectivity index (χ0n) is 21.5. The summed E-state index contributed by atoms with van der Waals surface area (Å²) < 4.78 is 28.0. The van der Waals surface area contributed by atoms with Gasteiger partial charge in [0.15, 0.2) is 5.78 Å². The summed E-state index contributed by atoms with van der Waals surface area (Å²) in [6.45, 7) is 1.67. The highest BCUT2D eigenvalue weighted by Crippen LogP contribution is 2.31. The van der Waals surface area contributed by atoms with Crippen molar-refractivity contribution in [3.8, 4) is 0 Å². The Morgan fingerprint density at radius 1 is 0.974 bits per heavy atom. The lowest BCUT2D eigenvalue weighted by atomic mass is 9.91. The van der Waals surface area contributed by atoms with Crippen LogP contribution in [0.15, 0.2) is 83.8 Å². The fraction of sp³-hybridized carbons (Fsp3) is 0.333. The van der Waals surface area contributed by atoms with Gasteiger partial charge in [-0.2, -0.15) is 0 Å². The number of carbonyl (C=O) groups excluding carboxylic acids is 2. The maximum absolute atomic E-state index is 13.0.